The molecule has 0 bridgehead atoms. The summed E-state index contributed by atoms with van der Waals surface area (Å²) in [5.74, 6) is -1.14. The monoisotopic (exact) mass is 247 g/mol. The number of carbonyl (C=O) groups excluding carboxylic acids is 1. The van der Waals surface area contributed by atoms with E-state index in [9.17, 15) is 4.79 Å². The van der Waals surface area contributed by atoms with Crippen LogP contribution in [0.15, 0.2) is 18.2 Å². The highest BCUT2D eigenvalue weighted by Gasteiger charge is 2.16. The lowest BCUT2D eigenvalue weighted by Crippen LogP contribution is -2.21. The van der Waals surface area contributed by atoms with E-state index in [0.717, 1.165) is 0 Å². The minimum absolute atomic E-state index is 0.315. The number of hydrogen-bond acceptors (Lipinski definition) is 3. The van der Waals surface area contributed by atoms with Gasteiger partial charge in [0.1, 0.15) is 12.0 Å². The molecular weight excluding hydrogens is 238 g/mol. The second-order valence-electron chi connectivity index (χ2n) is 3.38. The normalized spacial score (nSPS) is 11.1. The van der Waals surface area contributed by atoms with Crippen LogP contribution in [0.1, 0.15) is 18.9 Å². The Morgan fingerprint density at radius 1 is 1.53 bits per heavy atom. The Balaban J connectivity index is 2.96. The molecule has 86 valence electrons. The number of hydrogen-bond donors (Lipinski definition) is 1. The molecule has 0 fully saturated rings. The average molecular weight is 248 g/mol. The lowest BCUT2D eigenvalue weighted by Gasteiger charge is -2.09. The number of rotatable bonds is 3. The summed E-state index contributed by atoms with van der Waals surface area (Å²) in [5.41, 5.74) is 0.647. The second-order valence-corrected chi connectivity index (χ2v) is 3.82. The van der Waals surface area contributed by atoms with Crippen molar-refractivity contribution in [3.63, 3.8) is 0 Å². The first-order chi connectivity index (χ1) is 8.12. The van der Waals surface area contributed by atoms with Crippen molar-refractivity contribution in [2.75, 3.05) is 5.32 Å². The molecule has 1 unspecified atom stereocenters. The van der Waals surface area contributed by atoms with Crippen LogP contribution in [-0.2, 0) is 4.79 Å². The molecule has 0 aliphatic heterocycles. The number of amides is 1. The van der Waals surface area contributed by atoms with Gasteiger partial charge in [0.15, 0.2) is 0 Å². The summed E-state index contributed by atoms with van der Waals surface area (Å²) in [5, 5.41) is 20.6. The molecule has 0 aliphatic rings. The Kier molecular flexibility index (Phi) is 4.51. The molecule has 0 spiro atoms. The molecule has 0 radical (unpaired) electrons. The fraction of sp³-hybridized carbons (Fsp3) is 0.250. The van der Waals surface area contributed by atoms with Crippen LogP contribution in [0.3, 0.4) is 0 Å². The van der Waals surface area contributed by atoms with Crippen LogP contribution >= 0.6 is 11.6 Å². The van der Waals surface area contributed by atoms with Crippen LogP contribution in [0.5, 0.6) is 0 Å². The summed E-state index contributed by atoms with van der Waals surface area (Å²) >= 11 is 5.78. The maximum Gasteiger partial charge on any atom is 0.241 e. The molecule has 1 rings (SSSR count). The van der Waals surface area contributed by atoms with E-state index in [1.807, 2.05) is 12.1 Å². The van der Waals surface area contributed by atoms with E-state index in [2.05, 4.69) is 5.32 Å². The molecule has 0 heterocycles. The van der Waals surface area contributed by atoms with Gasteiger partial charge >= 0.3 is 0 Å². The number of benzene rings is 1. The third-order valence-corrected chi connectivity index (χ3v) is 2.48. The summed E-state index contributed by atoms with van der Waals surface area (Å²) in [6, 6.07) is 8.42. The van der Waals surface area contributed by atoms with Crippen molar-refractivity contribution in [2.24, 2.45) is 5.92 Å². The molecule has 1 amide bonds. The number of nitriles is 2. The minimum atomic E-state index is -0.722. The van der Waals surface area contributed by atoms with Gasteiger partial charge in [0.2, 0.25) is 5.91 Å². The number of nitrogens with one attached hydrogen (secondary N) is 1. The van der Waals surface area contributed by atoms with Gasteiger partial charge < -0.3 is 5.32 Å². The van der Waals surface area contributed by atoms with Crippen LogP contribution in [0.2, 0.25) is 5.02 Å². The summed E-state index contributed by atoms with van der Waals surface area (Å²) in [4.78, 5) is 11.7. The molecule has 0 aromatic heterocycles. The Labute approximate surface area is 104 Å². The van der Waals surface area contributed by atoms with Crippen molar-refractivity contribution in [3.05, 3.63) is 28.8 Å². The lowest BCUT2D eigenvalue weighted by atomic mass is 10.1. The summed E-state index contributed by atoms with van der Waals surface area (Å²) in [7, 11) is 0. The molecule has 0 aliphatic carbocycles. The number of carbonyl (C=O) groups is 1. The molecule has 1 atom stereocenters. The highest BCUT2D eigenvalue weighted by atomic mass is 35.5. The predicted molar refractivity (Wildman–Crippen MR) is 64.2 cm³/mol. The first kappa shape index (κ1) is 13.0. The van der Waals surface area contributed by atoms with Gasteiger partial charge in [-0.05, 0) is 24.6 Å². The van der Waals surface area contributed by atoms with Crippen LogP contribution in [-0.4, -0.2) is 5.91 Å². The Hall–Kier alpha value is -2.04. The van der Waals surface area contributed by atoms with Crippen LogP contribution in [0.25, 0.3) is 0 Å². The highest BCUT2D eigenvalue weighted by molar-refractivity contribution is 6.31. The van der Waals surface area contributed by atoms with Crippen molar-refractivity contribution in [2.45, 2.75) is 13.3 Å². The summed E-state index contributed by atoms with van der Waals surface area (Å²) < 4.78 is 0. The summed E-state index contributed by atoms with van der Waals surface area (Å²) in [6.45, 7) is 1.75. The van der Waals surface area contributed by atoms with Crippen molar-refractivity contribution < 1.29 is 4.79 Å². The number of nitrogens with zero attached hydrogens (tertiary/aromatic N) is 2. The van der Waals surface area contributed by atoms with Crippen molar-refractivity contribution >= 4 is 23.2 Å². The van der Waals surface area contributed by atoms with E-state index in [1.165, 1.54) is 12.1 Å². The molecule has 0 saturated heterocycles. The smallest absolute Gasteiger partial charge is 0.241 e. The largest absolute Gasteiger partial charge is 0.324 e. The number of halogens is 1. The fourth-order valence-electron chi connectivity index (χ4n) is 1.27. The van der Waals surface area contributed by atoms with Gasteiger partial charge in [0.05, 0.1) is 17.3 Å². The zero-order valence-electron chi connectivity index (χ0n) is 9.20. The third kappa shape index (κ3) is 3.21. The van der Waals surface area contributed by atoms with Gasteiger partial charge in [0.25, 0.3) is 0 Å². The Morgan fingerprint density at radius 2 is 2.24 bits per heavy atom. The first-order valence-corrected chi connectivity index (χ1v) is 5.40. The number of anilines is 1. The molecule has 0 saturated carbocycles. The fourth-order valence-corrected chi connectivity index (χ4v) is 1.44. The van der Waals surface area contributed by atoms with Gasteiger partial charge in [-0.3, -0.25) is 4.79 Å². The summed E-state index contributed by atoms with van der Waals surface area (Å²) in [6.07, 6.45) is 0.421. The SMILES string of the molecule is CCC(C#N)C(=O)Nc1cc(Cl)ccc1C#N. The topological polar surface area (TPSA) is 76.7 Å². The maximum atomic E-state index is 11.7. The van der Waals surface area contributed by atoms with E-state index in [0.29, 0.717) is 22.7 Å². The van der Waals surface area contributed by atoms with Gasteiger partial charge in [-0.1, -0.05) is 18.5 Å². The molecule has 1 aromatic carbocycles. The van der Waals surface area contributed by atoms with Crippen molar-refractivity contribution in [3.8, 4) is 12.1 Å². The molecule has 1 aromatic rings. The van der Waals surface area contributed by atoms with Gasteiger partial charge in [-0.25, -0.2) is 0 Å². The molecule has 4 nitrogen and oxygen atoms in total. The minimum Gasteiger partial charge on any atom is -0.324 e. The molecule has 5 heteroatoms. The Morgan fingerprint density at radius 3 is 2.76 bits per heavy atom. The van der Waals surface area contributed by atoms with Crippen molar-refractivity contribution in [1.82, 2.24) is 0 Å². The third-order valence-electron chi connectivity index (χ3n) is 2.24. The van der Waals surface area contributed by atoms with E-state index < -0.39 is 11.8 Å². The van der Waals surface area contributed by atoms with Crippen LogP contribution in [0.4, 0.5) is 5.69 Å². The molecular formula is C12H10ClN3O. The average Bonchev–Trinajstić information content (AvgIpc) is 2.31. The standard InChI is InChI=1S/C12H10ClN3O/c1-2-8(6-14)12(17)16-11-5-10(13)4-3-9(11)7-15/h3-5,8H,2H2,1H3,(H,16,17). The van der Waals surface area contributed by atoms with Gasteiger partial charge in [0, 0.05) is 5.02 Å². The molecule has 1 N–H and O–H groups in total. The van der Waals surface area contributed by atoms with E-state index in [-0.39, 0.29) is 0 Å². The Bertz CT molecular complexity index is 513. The van der Waals surface area contributed by atoms with Crippen molar-refractivity contribution in [1.29, 1.82) is 10.5 Å². The van der Waals surface area contributed by atoms with Crippen LogP contribution < -0.4 is 5.32 Å². The first-order valence-electron chi connectivity index (χ1n) is 5.02. The zero-order valence-corrected chi connectivity index (χ0v) is 9.95. The van der Waals surface area contributed by atoms with Gasteiger partial charge in [-0.15, -0.1) is 0 Å². The zero-order chi connectivity index (χ0) is 12.8. The lowest BCUT2D eigenvalue weighted by molar-refractivity contribution is -0.118. The molecule has 17 heavy (non-hydrogen) atoms. The van der Waals surface area contributed by atoms with Crippen LogP contribution in [0, 0.1) is 28.6 Å². The maximum absolute atomic E-state index is 11.7. The highest BCUT2D eigenvalue weighted by Crippen LogP contribution is 2.21. The van der Waals surface area contributed by atoms with E-state index in [1.54, 1.807) is 13.0 Å². The predicted octanol–water partition coefficient (Wildman–Crippen LogP) is 2.70. The van der Waals surface area contributed by atoms with E-state index in [4.69, 9.17) is 22.1 Å². The second kappa shape index (κ2) is 5.89. The van der Waals surface area contributed by atoms with Gasteiger partial charge in [-0.2, -0.15) is 10.5 Å². The quantitative estimate of drug-likeness (QED) is 0.892. The van der Waals surface area contributed by atoms with E-state index >= 15 is 0 Å².